The highest BCUT2D eigenvalue weighted by molar-refractivity contribution is 6.05. The number of esters is 1. The third-order valence-electron chi connectivity index (χ3n) is 6.22. The third kappa shape index (κ3) is 4.42. The molecule has 182 valence electrons. The summed E-state index contributed by atoms with van der Waals surface area (Å²) in [6.45, 7) is 8.04. The van der Waals surface area contributed by atoms with Crippen LogP contribution in [-0.4, -0.2) is 25.9 Å². The normalized spacial score (nSPS) is 11.8. The summed E-state index contributed by atoms with van der Waals surface area (Å²) in [5, 5.41) is 7.28. The van der Waals surface area contributed by atoms with Crippen LogP contribution >= 0.6 is 0 Å². The third-order valence-corrected chi connectivity index (χ3v) is 6.22. The molecule has 0 aliphatic rings. The Bertz CT molecular complexity index is 1640. The van der Waals surface area contributed by atoms with Gasteiger partial charge in [0.05, 0.1) is 11.9 Å². The van der Waals surface area contributed by atoms with Gasteiger partial charge in [0.25, 0.3) is 5.56 Å². The number of rotatable bonds is 5. The second kappa shape index (κ2) is 9.11. The van der Waals surface area contributed by atoms with E-state index in [1.54, 1.807) is 0 Å². The number of benzene rings is 3. The molecule has 0 bridgehead atoms. The predicted octanol–water partition coefficient (Wildman–Crippen LogP) is 5.72. The Labute approximate surface area is 209 Å². The van der Waals surface area contributed by atoms with Crippen LogP contribution in [-0.2, 0) is 22.6 Å². The van der Waals surface area contributed by atoms with Gasteiger partial charge in [-0.3, -0.25) is 9.59 Å². The van der Waals surface area contributed by atoms with E-state index in [1.807, 2.05) is 111 Å². The number of para-hydroxylation sites is 1. The maximum Gasteiger partial charge on any atom is 0.326 e. The summed E-state index contributed by atoms with van der Waals surface area (Å²) in [6, 6.07) is 25.4. The molecular formula is C30H29N3O3. The van der Waals surface area contributed by atoms with Crippen molar-refractivity contribution in [2.24, 2.45) is 0 Å². The standard InChI is InChI=1S/C30H29N3O3/c1-20-27(24-16-10-11-17-25(24)32(20)19-26(34)36-30(2,3)4)28-22-14-8-9-15-23(22)29(35)33(31-28)18-21-12-6-5-7-13-21/h5-17H,18-19H2,1-4H3. The highest BCUT2D eigenvalue weighted by Crippen LogP contribution is 2.36. The summed E-state index contributed by atoms with van der Waals surface area (Å²) in [5.74, 6) is -0.301. The van der Waals surface area contributed by atoms with Crippen LogP contribution in [0.5, 0.6) is 0 Å². The van der Waals surface area contributed by atoms with Crippen molar-refractivity contribution in [1.29, 1.82) is 0 Å². The largest absolute Gasteiger partial charge is 0.459 e. The van der Waals surface area contributed by atoms with Crippen molar-refractivity contribution in [2.45, 2.75) is 46.4 Å². The number of nitrogens with zero attached hydrogens (tertiary/aromatic N) is 3. The SMILES string of the molecule is Cc1c(-c2nn(Cc3ccccc3)c(=O)c3ccccc23)c2ccccc2n1CC(=O)OC(C)(C)C. The second-order valence-electron chi connectivity index (χ2n) is 9.99. The molecule has 0 atom stereocenters. The fraction of sp³-hybridized carbons (Fsp3) is 0.233. The Morgan fingerprint density at radius 1 is 0.861 bits per heavy atom. The summed E-state index contributed by atoms with van der Waals surface area (Å²) >= 11 is 0. The zero-order valence-corrected chi connectivity index (χ0v) is 21.0. The quantitative estimate of drug-likeness (QED) is 0.303. The van der Waals surface area contributed by atoms with Crippen molar-refractivity contribution >= 4 is 27.6 Å². The average Bonchev–Trinajstić information content (AvgIpc) is 3.11. The van der Waals surface area contributed by atoms with E-state index in [9.17, 15) is 9.59 Å². The van der Waals surface area contributed by atoms with Gasteiger partial charge in [-0.25, -0.2) is 4.68 Å². The number of aromatic nitrogens is 3. The van der Waals surface area contributed by atoms with Gasteiger partial charge >= 0.3 is 5.97 Å². The van der Waals surface area contributed by atoms with E-state index >= 15 is 0 Å². The molecular weight excluding hydrogens is 450 g/mol. The van der Waals surface area contributed by atoms with Gasteiger partial charge < -0.3 is 9.30 Å². The first-order valence-electron chi connectivity index (χ1n) is 12.1. The van der Waals surface area contributed by atoms with Gasteiger partial charge in [0.1, 0.15) is 17.8 Å². The molecule has 0 fully saturated rings. The number of carbonyl (C=O) groups excluding carboxylic acids is 1. The van der Waals surface area contributed by atoms with Crippen LogP contribution < -0.4 is 5.56 Å². The molecule has 0 aliphatic heterocycles. The van der Waals surface area contributed by atoms with Crippen molar-refractivity contribution in [3.05, 3.63) is 100 Å². The summed E-state index contributed by atoms with van der Waals surface area (Å²) in [4.78, 5) is 26.2. The Kier molecular flexibility index (Phi) is 5.96. The number of ether oxygens (including phenoxy) is 1. The van der Waals surface area contributed by atoms with Gasteiger partial charge in [-0.05, 0) is 45.4 Å². The lowest BCUT2D eigenvalue weighted by Gasteiger charge is -2.20. The molecule has 0 aliphatic carbocycles. The smallest absolute Gasteiger partial charge is 0.326 e. The van der Waals surface area contributed by atoms with E-state index in [0.717, 1.165) is 38.8 Å². The summed E-state index contributed by atoms with van der Waals surface area (Å²) in [6.07, 6.45) is 0. The van der Waals surface area contributed by atoms with E-state index in [0.29, 0.717) is 11.9 Å². The lowest BCUT2D eigenvalue weighted by Crippen LogP contribution is -2.26. The van der Waals surface area contributed by atoms with E-state index in [-0.39, 0.29) is 18.1 Å². The van der Waals surface area contributed by atoms with Crippen LogP contribution in [0.1, 0.15) is 32.0 Å². The molecule has 0 unspecified atom stereocenters. The molecule has 5 rings (SSSR count). The number of carbonyl (C=O) groups is 1. The first kappa shape index (κ1) is 23.5. The molecule has 2 heterocycles. The van der Waals surface area contributed by atoms with E-state index < -0.39 is 5.60 Å². The molecule has 6 nitrogen and oxygen atoms in total. The molecule has 2 aromatic heterocycles. The maximum atomic E-state index is 13.4. The maximum absolute atomic E-state index is 13.4. The van der Waals surface area contributed by atoms with Crippen molar-refractivity contribution in [3.8, 4) is 11.3 Å². The average molecular weight is 480 g/mol. The summed E-state index contributed by atoms with van der Waals surface area (Å²) < 4.78 is 9.12. The minimum absolute atomic E-state index is 0.0885. The van der Waals surface area contributed by atoms with Gasteiger partial charge in [0.2, 0.25) is 0 Å². The Morgan fingerprint density at radius 2 is 1.47 bits per heavy atom. The summed E-state index contributed by atoms with van der Waals surface area (Å²) in [5.41, 5.74) is 3.74. The molecule has 3 aromatic carbocycles. The Balaban J connectivity index is 1.73. The fourth-order valence-corrected chi connectivity index (χ4v) is 4.72. The summed E-state index contributed by atoms with van der Waals surface area (Å²) in [7, 11) is 0. The lowest BCUT2D eigenvalue weighted by atomic mass is 10.0. The molecule has 36 heavy (non-hydrogen) atoms. The van der Waals surface area contributed by atoms with Crippen molar-refractivity contribution in [3.63, 3.8) is 0 Å². The highest BCUT2D eigenvalue weighted by atomic mass is 16.6. The minimum Gasteiger partial charge on any atom is -0.459 e. The minimum atomic E-state index is -0.568. The van der Waals surface area contributed by atoms with Crippen LogP contribution in [0.2, 0.25) is 0 Å². The van der Waals surface area contributed by atoms with E-state index in [1.165, 1.54) is 4.68 Å². The van der Waals surface area contributed by atoms with Gasteiger partial charge in [0, 0.05) is 27.5 Å². The van der Waals surface area contributed by atoms with Crippen LogP contribution in [0.15, 0.2) is 83.7 Å². The van der Waals surface area contributed by atoms with Gasteiger partial charge in [0.15, 0.2) is 0 Å². The second-order valence-corrected chi connectivity index (χ2v) is 9.99. The first-order valence-corrected chi connectivity index (χ1v) is 12.1. The van der Waals surface area contributed by atoms with Gasteiger partial charge in [-0.2, -0.15) is 5.10 Å². The highest BCUT2D eigenvalue weighted by Gasteiger charge is 2.23. The van der Waals surface area contributed by atoms with Crippen LogP contribution in [0, 0.1) is 6.92 Å². The molecule has 0 spiro atoms. The van der Waals surface area contributed by atoms with Gasteiger partial charge in [-0.1, -0.05) is 66.7 Å². The fourth-order valence-electron chi connectivity index (χ4n) is 4.72. The van der Waals surface area contributed by atoms with E-state index in [4.69, 9.17) is 9.84 Å². The van der Waals surface area contributed by atoms with Crippen molar-refractivity contribution < 1.29 is 9.53 Å². The van der Waals surface area contributed by atoms with Crippen LogP contribution in [0.25, 0.3) is 32.9 Å². The van der Waals surface area contributed by atoms with Crippen LogP contribution in [0.4, 0.5) is 0 Å². The van der Waals surface area contributed by atoms with Crippen molar-refractivity contribution in [1.82, 2.24) is 14.3 Å². The Hall–Kier alpha value is -4.19. The zero-order chi connectivity index (χ0) is 25.4. The van der Waals surface area contributed by atoms with Crippen molar-refractivity contribution in [2.75, 3.05) is 0 Å². The number of fused-ring (bicyclic) bond motifs is 2. The first-order chi connectivity index (χ1) is 17.2. The van der Waals surface area contributed by atoms with Crippen LogP contribution in [0.3, 0.4) is 0 Å². The molecule has 0 amide bonds. The molecule has 0 N–H and O–H groups in total. The molecule has 5 aromatic rings. The number of hydrogen-bond donors (Lipinski definition) is 0. The molecule has 6 heteroatoms. The predicted molar refractivity (Wildman–Crippen MR) is 143 cm³/mol. The molecule has 0 saturated carbocycles. The van der Waals surface area contributed by atoms with Gasteiger partial charge in [-0.15, -0.1) is 0 Å². The molecule has 0 saturated heterocycles. The van der Waals surface area contributed by atoms with E-state index in [2.05, 4.69) is 0 Å². The lowest BCUT2D eigenvalue weighted by molar-refractivity contribution is -0.155. The zero-order valence-electron chi connectivity index (χ0n) is 21.0. The number of hydrogen-bond acceptors (Lipinski definition) is 4. The monoisotopic (exact) mass is 479 g/mol. The topological polar surface area (TPSA) is 66.1 Å². The Morgan fingerprint density at radius 3 is 2.17 bits per heavy atom. The molecule has 0 radical (unpaired) electrons.